The molecule has 158 valence electrons. The number of hydrogen-bond acceptors (Lipinski definition) is 8. The molecule has 0 aliphatic carbocycles. The predicted molar refractivity (Wildman–Crippen MR) is 117 cm³/mol. The van der Waals surface area contributed by atoms with Crippen LogP contribution in [0.25, 0.3) is 11.3 Å². The van der Waals surface area contributed by atoms with Crippen molar-refractivity contribution >= 4 is 17.5 Å². The van der Waals surface area contributed by atoms with Crippen molar-refractivity contribution in [2.24, 2.45) is 5.92 Å². The van der Waals surface area contributed by atoms with Crippen molar-refractivity contribution in [3.05, 3.63) is 48.8 Å². The summed E-state index contributed by atoms with van der Waals surface area (Å²) >= 11 is 0. The first kappa shape index (κ1) is 21.3. The molecular weight excluding hydrogens is 382 g/mol. The molecule has 2 aromatic heterocycles. The normalized spacial score (nSPS) is 11.8. The van der Waals surface area contributed by atoms with E-state index in [1.54, 1.807) is 32.7 Å². The van der Waals surface area contributed by atoms with Crippen LogP contribution in [0.5, 0.6) is 11.5 Å². The fourth-order valence-corrected chi connectivity index (χ4v) is 2.88. The highest BCUT2D eigenvalue weighted by Gasteiger charge is 2.16. The molecule has 0 bridgehead atoms. The van der Waals surface area contributed by atoms with Crippen LogP contribution < -0.4 is 20.1 Å². The van der Waals surface area contributed by atoms with Crippen molar-refractivity contribution in [1.29, 1.82) is 0 Å². The zero-order valence-electron chi connectivity index (χ0n) is 17.6. The van der Waals surface area contributed by atoms with Crippen molar-refractivity contribution in [3.63, 3.8) is 0 Å². The van der Waals surface area contributed by atoms with E-state index in [1.165, 1.54) is 0 Å². The maximum Gasteiger partial charge on any atom is 0.225 e. The molecule has 0 aliphatic rings. The summed E-state index contributed by atoms with van der Waals surface area (Å²) in [5.74, 6) is 2.54. The smallest absolute Gasteiger partial charge is 0.225 e. The fourth-order valence-electron chi connectivity index (χ4n) is 2.88. The summed E-state index contributed by atoms with van der Waals surface area (Å²) in [6.07, 6.45) is 3.43. The van der Waals surface area contributed by atoms with Gasteiger partial charge in [-0.05, 0) is 30.2 Å². The minimum Gasteiger partial charge on any atom is -0.497 e. The van der Waals surface area contributed by atoms with E-state index in [0.717, 1.165) is 16.9 Å². The number of nitrogens with zero attached hydrogens (tertiary/aromatic N) is 3. The molecule has 3 aromatic rings. The molecule has 0 saturated heterocycles. The Kier molecular flexibility index (Phi) is 7.03. The Morgan fingerprint density at radius 1 is 1.00 bits per heavy atom. The molecule has 0 fully saturated rings. The molecule has 3 rings (SSSR count). The Morgan fingerprint density at radius 2 is 1.77 bits per heavy atom. The van der Waals surface area contributed by atoms with Crippen LogP contribution in [0.4, 0.5) is 17.5 Å². The van der Waals surface area contributed by atoms with E-state index in [2.05, 4.69) is 25.6 Å². The monoisotopic (exact) mass is 409 g/mol. The molecule has 8 nitrogen and oxygen atoms in total. The van der Waals surface area contributed by atoms with Crippen LogP contribution in [-0.4, -0.2) is 46.9 Å². The van der Waals surface area contributed by atoms with E-state index >= 15 is 0 Å². The second kappa shape index (κ2) is 9.89. The number of rotatable bonds is 9. The van der Waals surface area contributed by atoms with Gasteiger partial charge in [0.2, 0.25) is 5.95 Å². The van der Waals surface area contributed by atoms with Gasteiger partial charge in [-0.2, -0.15) is 4.98 Å². The van der Waals surface area contributed by atoms with Crippen LogP contribution in [0, 0.1) is 5.92 Å². The highest BCUT2D eigenvalue weighted by molar-refractivity contribution is 5.70. The van der Waals surface area contributed by atoms with Gasteiger partial charge in [0, 0.05) is 30.1 Å². The number of methoxy groups -OCH3 is 2. The summed E-state index contributed by atoms with van der Waals surface area (Å²) < 4.78 is 10.7. The van der Waals surface area contributed by atoms with Crippen molar-refractivity contribution in [2.45, 2.75) is 19.9 Å². The number of nitrogens with one attached hydrogen (secondary N) is 2. The van der Waals surface area contributed by atoms with E-state index in [1.807, 2.05) is 44.2 Å². The standard InChI is InChI=1S/C22H27N5O3/c1-14(2)19(13-28)26-22-25-18(15-7-9-23-10-8-15)12-21(27-22)24-17-6-5-16(29-3)11-20(17)30-4/h5-12,14,19,28H,13H2,1-4H3,(H2,24,25,26,27)/t19-/m1/s1. The third-order valence-electron chi connectivity index (χ3n) is 4.69. The number of anilines is 3. The van der Waals surface area contributed by atoms with Crippen LogP contribution in [0.2, 0.25) is 0 Å². The van der Waals surface area contributed by atoms with E-state index in [-0.39, 0.29) is 18.6 Å². The van der Waals surface area contributed by atoms with Gasteiger partial charge in [-0.25, -0.2) is 4.98 Å². The Labute approximate surface area is 176 Å². The van der Waals surface area contributed by atoms with Gasteiger partial charge in [-0.1, -0.05) is 13.8 Å². The molecule has 1 aromatic carbocycles. The maximum atomic E-state index is 9.70. The topological polar surface area (TPSA) is 101 Å². The number of aromatic nitrogens is 3. The van der Waals surface area contributed by atoms with Crippen LogP contribution in [0.15, 0.2) is 48.8 Å². The lowest BCUT2D eigenvalue weighted by Crippen LogP contribution is -2.30. The second-order valence-corrected chi connectivity index (χ2v) is 7.07. The molecule has 0 radical (unpaired) electrons. The molecule has 1 atom stereocenters. The first-order valence-electron chi connectivity index (χ1n) is 9.70. The average Bonchev–Trinajstić information content (AvgIpc) is 2.78. The highest BCUT2D eigenvalue weighted by atomic mass is 16.5. The van der Waals surface area contributed by atoms with E-state index in [4.69, 9.17) is 9.47 Å². The fraction of sp³-hybridized carbons (Fsp3) is 0.318. The lowest BCUT2D eigenvalue weighted by Gasteiger charge is -2.21. The van der Waals surface area contributed by atoms with Gasteiger partial charge in [-0.3, -0.25) is 4.98 Å². The summed E-state index contributed by atoms with van der Waals surface area (Å²) in [4.78, 5) is 13.3. The third-order valence-corrected chi connectivity index (χ3v) is 4.69. The first-order chi connectivity index (χ1) is 14.5. The van der Waals surface area contributed by atoms with Crippen molar-refractivity contribution < 1.29 is 14.6 Å². The van der Waals surface area contributed by atoms with Gasteiger partial charge in [0.15, 0.2) is 0 Å². The molecule has 0 aliphatic heterocycles. The SMILES string of the molecule is COc1ccc(Nc2cc(-c3ccncc3)nc(N[C@H](CO)C(C)C)n2)c(OC)c1. The molecular formula is C22H27N5O3. The maximum absolute atomic E-state index is 9.70. The highest BCUT2D eigenvalue weighted by Crippen LogP contribution is 2.32. The number of pyridine rings is 1. The Bertz CT molecular complexity index is 966. The van der Waals surface area contributed by atoms with Gasteiger partial charge in [0.25, 0.3) is 0 Å². The molecule has 0 saturated carbocycles. The number of aliphatic hydroxyl groups is 1. The third kappa shape index (κ3) is 5.15. The second-order valence-electron chi connectivity index (χ2n) is 7.07. The van der Waals surface area contributed by atoms with Gasteiger partial charge >= 0.3 is 0 Å². The molecule has 2 heterocycles. The number of aliphatic hydroxyl groups excluding tert-OH is 1. The predicted octanol–water partition coefficient (Wildman–Crippen LogP) is 3.73. The van der Waals surface area contributed by atoms with Crippen molar-refractivity contribution in [2.75, 3.05) is 31.5 Å². The quantitative estimate of drug-likeness (QED) is 0.491. The summed E-state index contributed by atoms with van der Waals surface area (Å²) in [6, 6.07) is 11.0. The molecule has 30 heavy (non-hydrogen) atoms. The van der Waals surface area contributed by atoms with Gasteiger partial charge < -0.3 is 25.2 Å². The van der Waals surface area contributed by atoms with Gasteiger partial charge in [0.1, 0.15) is 17.3 Å². The number of ether oxygens (including phenoxy) is 2. The zero-order chi connectivity index (χ0) is 21.5. The Hall–Kier alpha value is -3.39. The Balaban J connectivity index is 2.00. The lowest BCUT2D eigenvalue weighted by atomic mass is 10.1. The van der Waals surface area contributed by atoms with Crippen LogP contribution in [-0.2, 0) is 0 Å². The summed E-state index contributed by atoms with van der Waals surface area (Å²) in [5, 5.41) is 16.2. The van der Waals surface area contributed by atoms with Crippen LogP contribution in [0.3, 0.4) is 0 Å². The van der Waals surface area contributed by atoms with Crippen molar-refractivity contribution in [3.8, 4) is 22.8 Å². The average molecular weight is 409 g/mol. The summed E-state index contributed by atoms with van der Waals surface area (Å²) in [6.45, 7) is 4.04. The van der Waals surface area contributed by atoms with E-state index in [0.29, 0.717) is 23.3 Å². The first-order valence-corrected chi connectivity index (χ1v) is 9.70. The molecule has 3 N–H and O–H groups in total. The van der Waals surface area contributed by atoms with Crippen molar-refractivity contribution in [1.82, 2.24) is 15.0 Å². The number of benzene rings is 1. The summed E-state index contributed by atoms with van der Waals surface area (Å²) in [5.41, 5.74) is 2.38. The van der Waals surface area contributed by atoms with Gasteiger partial charge in [0.05, 0.1) is 38.2 Å². The van der Waals surface area contributed by atoms with E-state index in [9.17, 15) is 5.11 Å². The summed E-state index contributed by atoms with van der Waals surface area (Å²) in [7, 11) is 3.21. The van der Waals surface area contributed by atoms with E-state index < -0.39 is 0 Å². The number of hydrogen-bond donors (Lipinski definition) is 3. The van der Waals surface area contributed by atoms with Gasteiger partial charge in [-0.15, -0.1) is 0 Å². The largest absolute Gasteiger partial charge is 0.497 e. The van der Waals surface area contributed by atoms with Crippen LogP contribution in [0.1, 0.15) is 13.8 Å². The lowest BCUT2D eigenvalue weighted by molar-refractivity contribution is 0.248. The molecule has 0 spiro atoms. The van der Waals surface area contributed by atoms with Crippen LogP contribution >= 0.6 is 0 Å². The minimum atomic E-state index is -0.166. The molecule has 0 unspecified atom stereocenters. The Morgan fingerprint density at radius 3 is 2.40 bits per heavy atom. The minimum absolute atomic E-state index is 0.0183. The zero-order valence-corrected chi connectivity index (χ0v) is 17.6. The molecule has 0 amide bonds. The molecule has 8 heteroatoms.